The molecule has 0 aromatic heterocycles. The fourth-order valence-electron chi connectivity index (χ4n) is 3.95. The van der Waals surface area contributed by atoms with E-state index >= 15 is 0 Å². The minimum Gasteiger partial charge on any atom is -0.497 e. The van der Waals surface area contributed by atoms with Crippen molar-refractivity contribution in [3.63, 3.8) is 0 Å². The van der Waals surface area contributed by atoms with Crippen molar-refractivity contribution in [3.05, 3.63) is 95.6 Å². The van der Waals surface area contributed by atoms with Gasteiger partial charge >= 0.3 is 0 Å². The first kappa shape index (κ1) is 22.4. The number of amides is 1. The summed E-state index contributed by atoms with van der Waals surface area (Å²) in [6, 6.07) is 26.9. The molecule has 1 atom stereocenters. The summed E-state index contributed by atoms with van der Waals surface area (Å²) in [5, 5.41) is 9.74. The second-order valence-electron chi connectivity index (χ2n) is 7.93. The lowest BCUT2D eigenvalue weighted by Gasteiger charge is -2.37. The molecule has 1 aliphatic rings. The highest BCUT2D eigenvalue weighted by atomic mass is 16.5. The number of benzene rings is 3. The van der Waals surface area contributed by atoms with Crippen LogP contribution in [-0.2, 0) is 6.61 Å². The monoisotopic (exact) mass is 441 g/mol. The quantitative estimate of drug-likeness (QED) is 0.547. The molecule has 0 spiro atoms. The largest absolute Gasteiger partial charge is 0.497 e. The number of hydrogen-bond donors (Lipinski definition) is 0. The van der Waals surface area contributed by atoms with E-state index in [0.717, 1.165) is 22.6 Å². The number of hydrogen-bond acceptors (Lipinski definition) is 5. The number of nitriles is 1. The lowest BCUT2D eigenvalue weighted by atomic mass is 10.1. The Morgan fingerprint density at radius 3 is 2.15 bits per heavy atom. The minimum absolute atomic E-state index is 0.00205. The molecule has 1 amide bonds. The fourth-order valence-corrected chi connectivity index (χ4v) is 3.95. The Morgan fingerprint density at radius 1 is 0.909 bits per heavy atom. The van der Waals surface area contributed by atoms with E-state index in [1.165, 1.54) is 0 Å². The van der Waals surface area contributed by atoms with Gasteiger partial charge in [-0.05, 0) is 47.5 Å². The maximum Gasteiger partial charge on any atom is 0.253 e. The Balaban J connectivity index is 1.31. The van der Waals surface area contributed by atoms with E-state index in [1.807, 2.05) is 83.8 Å². The number of ether oxygens (including phenoxy) is 2. The molecule has 168 valence electrons. The Bertz CT molecular complexity index is 1080. The van der Waals surface area contributed by atoms with Crippen LogP contribution in [-0.4, -0.2) is 49.0 Å². The smallest absolute Gasteiger partial charge is 0.253 e. The average Bonchev–Trinajstić information content (AvgIpc) is 2.89. The third-order valence-electron chi connectivity index (χ3n) is 5.87. The molecule has 0 bridgehead atoms. The molecule has 3 aromatic rings. The summed E-state index contributed by atoms with van der Waals surface area (Å²) in [6.07, 6.45) is 0. The molecule has 0 aliphatic carbocycles. The molecule has 1 unspecified atom stereocenters. The predicted octanol–water partition coefficient (Wildman–Crippen LogP) is 4.30. The first-order chi connectivity index (χ1) is 16.2. The number of piperazine rings is 1. The van der Waals surface area contributed by atoms with Crippen molar-refractivity contribution in [2.75, 3.05) is 33.3 Å². The highest BCUT2D eigenvalue weighted by Crippen LogP contribution is 2.24. The van der Waals surface area contributed by atoms with Crippen LogP contribution >= 0.6 is 0 Å². The van der Waals surface area contributed by atoms with Crippen molar-refractivity contribution in [1.29, 1.82) is 5.26 Å². The summed E-state index contributed by atoms with van der Waals surface area (Å²) in [5.74, 6) is 1.50. The summed E-state index contributed by atoms with van der Waals surface area (Å²) in [6.45, 7) is 2.95. The van der Waals surface area contributed by atoms with E-state index in [0.29, 0.717) is 38.3 Å². The summed E-state index contributed by atoms with van der Waals surface area (Å²) in [5.41, 5.74) is 2.67. The third-order valence-corrected chi connectivity index (χ3v) is 5.87. The molecule has 1 fully saturated rings. The Hall–Kier alpha value is -3.82. The van der Waals surface area contributed by atoms with Crippen LogP contribution < -0.4 is 9.47 Å². The van der Waals surface area contributed by atoms with Crippen molar-refractivity contribution >= 4 is 5.91 Å². The van der Waals surface area contributed by atoms with Crippen LogP contribution in [0.25, 0.3) is 0 Å². The maximum absolute atomic E-state index is 13.0. The van der Waals surface area contributed by atoms with Gasteiger partial charge in [0.25, 0.3) is 5.91 Å². The predicted molar refractivity (Wildman–Crippen MR) is 126 cm³/mol. The van der Waals surface area contributed by atoms with Crippen LogP contribution in [0.3, 0.4) is 0 Å². The van der Waals surface area contributed by atoms with Crippen LogP contribution in [0.2, 0.25) is 0 Å². The molecule has 6 heteroatoms. The van der Waals surface area contributed by atoms with Gasteiger partial charge in [0.15, 0.2) is 0 Å². The van der Waals surface area contributed by atoms with E-state index in [9.17, 15) is 10.1 Å². The fraction of sp³-hybridized carbons (Fsp3) is 0.259. The van der Waals surface area contributed by atoms with Crippen molar-refractivity contribution in [3.8, 4) is 17.6 Å². The highest BCUT2D eigenvalue weighted by Gasteiger charge is 2.27. The summed E-state index contributed by atoms with van der Waals surface area (Å²) < 4.78 is 11.0. The third kappa shape index (κ3) is 5.51. The molecule has 1 saturated heterocycles. The van der Waals surface area contributed by atoms with Crippen molar-refractivity contribution < 1.29 is 14.3 Å². The van der Waals surface area contributed by atoms with Crippen molar-refractivity contribution in [2.24, 2.45) is 0 Å². The molecule has 0 radical (unpaired) electrons. The Morgan fingerprint density at radius 2 is 1.55 bits per heavy atom. The molecule has 0 N–H and O–H groups in total. The molecule has 33 heavy (non-hydrogen) atoms. The van der Waals surface area contributed by atoms with Crippen LogP contribution in [0.15, 0.2) is 78.9 Å². The van der Waals surface area contributed by atoms with E-state index in [1.54, 1.807) is 7.11 Å². The molecule has 1 aliphatic heterocycles. The molecular weight excluding hydrogens is 414 g/mol. The normalized spacial score (nSPS) is 14.8. The van der Waals surface area contributed by atoms with Gasteiger partial charge in [-0.25, -0.2) is 0 Å². The lowest BCUT2D eigenvalue weighted by molar-refractivity contribution is 0.0606. The van der Waals surface area contributed by atoms with Crippen molar-refractivity contribution in [2.45, 2.75) is 12.6 Å². The zero-order valence-corrected chi connectivity index (χ0v) is 18.7. The van der Waals surface area contributed by atoms with Gasteiger partial charge in [-0.3, -0.25) is 9.69 Å². The second kappa shape index (κ2) is 10.7. The first-order valence-electron chi connectivity index (χ1n) is 11.0. The van der Waals surface area contributed by atoms with Gasteiger partial charge in [0.2, 0.25) is 0 Å². The molecule has 3 aromatic carbocycles. The van der Waals surface area contributed by atoms with Crippen LogP contribution in [0.4, 0.5) is 0 Å². The van der Waals surface area contributed by atoms with E-state index in [-0.39, 0.29) is 11.9 Å². The first-order valence-corrected chi connectivity index (χ1v) is 11.0. The van der Waals surface area contributed by atoms with Gasteiger partial charge in [0, 0.05) is 31.7 Å². The number of nitrogens with zero attached hydrogens (tertiary/aromatic N) is 3. The second-order valence-corrected chi connectivity index (χ2v) is 7.93. The van der Waals surface area contributed by atoms with Crippen molar-refractivity contribution in [1.82, 2.24) is 9.80 Å². The zero-order chi connectivity index (χ0) is 23.0. The van der Waals surface area contributed by atoms with E-state index in [2.05, 4.69) is 11.0 Å². The number of rotatable bonds is 7. The number of methoxy groups -OCH3 is 1. The SMILES string of the molecule is COc1ccc(C(C#N)N2CCN(C(=O)c3ccc(OCc4ccccc4)cc3)CC2)cc1. The molecular formula is C27H27N3O3. The van der Waals surface area contributed by atoms with Gasteiger partial charge in [-0.2, -0.15) is 5.26 Å². The van der Waals surface area contributed by atoms with Crippen LogP contribution in [0.1, 0.15) is 27.5 Å². The maximum atomic E-state index is 13.0. The molecule has 6 nitrogen and oxygen atoms in total. The zero-order valence-electron chi connectivity index (χ0n) is 18.7. The van der Waals surface area contributed by atoms with Gasteiger partial charge in [0.1, 0.15) is 24.1 Å². The van der Waals surface area contributed by atoms with E-state index in [4.69, 9.17) is 9.47 Å². The molecule has 4 rings (SSSR count). The van der Waals surface area contributed by atoms with Gasteiger partial charge < -0.3 is 14.4 Å². The van der Waals surface area contributed by atoms with Gasteiger partial charge in [-0.1, -0.05) is 42.5 Å². The summed E-state index contributed by atoms with van der Waals surface area (Å²) in [7, 11) is 1.62. The lowest BCUT2D eigenvalue weighted by Crippen LogP contribution is -2.49. The van der Waals surface area contributed by atoms with Gasteiger partial charge in [-0.15, -0.1) is 0 Å². The van der Waals surface area contributed by atoms with Gasteiger partial charge in [0.05, 0.1) is 13.2 Å². The standard InChI is InChI=1S/C27H27N3O3/c1-32-24-11-7-22(8-12-24)26(19-28)29-15-17-30(18-16-29)27(31)23-9-13-25(14-10-23)33-20-21-5-3-2-4-6-21/h2-14,26H,15-18,20H2,1H3. The molecule has 0 saturated carbocycles. The van der Waals surface area contributed by atoms with Crippen LogP contribution in [0.5, 0.6) is 11.5 Å². The van der Waals surface area contributed by atoms with E-state index < -0.39 is 0 Å². The molecule has 1 heterocycles. The highest BCUT2D eigenvalue weighted by molar-refractivity contribution is 5.94. The topological polar surface area (TPSA) is 65.8 Å². The summed E-state index contributed by atoms with van der Waals surface area (Å²) in [4.78, 5) is 16.9. The number of carbonyl (C=O) groups excluding carboxylic acids is 1. The summed E-state index contributed by atoms with van der Waals surface area (Å²) >= 11 is 0. The van der Waals surface area contributed by atoms with Crippen LogP contribution in [0, 0.1) is 11.3 Å². The minimum atomic E-state index is -0.339. The Labute approximate surface area is 194 Å². The average molecular weight is 442 g/mol. The Kier molecular flexibility index (Phi) is 7.23. The number of carbonyl (C=O) groups is 1.